The normalized spacial score (nSPS) is 0.800. The van der Waals surface area contributed by atoms with Gasteiger partial charge < -0.3 is 43.8 Å². The third-order valence-electron chi connectivity index (χ3n) is 0. The van der Waals surface area contributed by atoms with Gasteiger partial charge in [-0.3, -0.25) is 0 Å². The van der Waals surface area contributed by atoms with E-state index in [-0.39, 0.29) is 107 Å². The molecule has 0 saturated heterocycles. The van der Waals surface area contributed by atoms with Crippen LogP contribution in [0.5, 0.6) is 0 Å². The summed E-state index contributed by atoms with van der Waals surface area (Å²) in [5.41, 5.74) is 0. The first-order valence-electron chi connectivity index (χ1n) is 0.577. The Labute approximate surface area is 129 Å². The second-order valence-electron chi connectivity index (χ2n) is 0. The minimum atomic E-state index is 0. The molecule has 0 amide bonds. The van der Waals surface area contributed by atoms with Crippen molar-refractivity contribution in [2.24, 2.45) is 0 Å². The molecule has 15 heavy (non-hydrogen) atoms. The summed E-state index contributed by atoms with van der Waals surface area (Å²) in [4.78, 5) is 0. The van der Waals surface area contributed by atoms with Crippen molar-refractivity contribution in [2.45, 2.75) is 0 Å². The molecule has 0 rings (SSSR count). The molecule has 0 bridgehead atoms. The summed E-state index contributed by atoms with van der Waals surface area (Å²) in [6.45, 7) is 0. The van der Waals surface area contributed by atoms with E-state index in [0.717, 1.165) is 0 Å². The fourth-order valence-electron chi connectivity index (χ4n) is 0. The standard InChI is InChI=1S/3Mo.2H3NO.8H2O/c;;;2*1-2;;;;;;;;/h;;;2*1H3;8*1H2/q;;;2*+1;;;;;;;;. The minimum absolute atomic E-state index is 0. The van der Waals surface area contributed by atoms with Crippen molar-refractivity contribution in [2.75, 3.05) is 0 Å². The van der Waals surface area contributed by atoms with Gasteiger partial charge in [-0.15, -0.1) is 0 Å². The monoisotopic (exact) mass is 504 g/mol. The molecule has 0 aromatic heterocycles. The maximum Gasteiger partial charge on any atom is 0.0136 e. The first kappa shape index (κ1) is 313. The molecule has 0 aromatic rings. The van der Waals surface area contributed by atoms with Crippen LogP contribution >= 0.6 is 0 Å². The molecule has 0 aliphatic rings. The van der Waals surface area contributed by atoms with E-state index in [4.69, 9.17) is 10.4 Å². The van der Waals surface area contributed by atoms with Gasteiger partial charge in [0.25, 0.3) is 0 Å². The number of hydrogen-bond acceptors (Lipinski definition) is 0. The van der Waals surface area contributed by atoms with Gasteiger partial charge in [-0.2, -0.15) is 11.8 Å². The van der Waals surface area contributed by atoms with Crippen molar-refractivity contribution < 1.29 is 129 Å². The van der Waals surface area contributed by atoms with Crippen molar-refractivity contribution in [3.8, 4) is 0 Å². The maximum atomic E-state index is 8.00. The van der Waals surface area contributed by atoms with Crippen LogP contribution in [0.1, 0.15) is 0 Å². The summed E-state index contributed by atoms with van der Waals surface area (Å²) in [5.74, 6) is 4.00. The van der Waals surface area contributed by atoms with E-state index < -0.39 is 0 Å². The molecule has 2 radical (unpaired) electrons. The Kier molecular flexibility index (Phi) is 27600. The number of hydrogen-bond donors (Lipinski definition) is 2. The molecule has 0 aliphatic carbocycles. The molecule has 22 N–H and O–H groups in total. The van der Waals surface area contributed by atoms with Crippen molar-refractivity contribution >= 4 is 0 Å². The molecule has 12 nitrogen and oxygen atoms in total. The Morgan fingerprint density at radius 1 is 0.333 bits per heavy atom. The summed E-state index contributed by atoms with van der Waals surface area (Å²) < 4.78 is 0. The molecule has 0 fully saturated rings. The van der Waals surface area contributed by atoms with Crippen molar-refractivity contribution in [3.63, 3.8) is 0 Å². The van der Waals surface area contributed by atoms with E-state index in [1.54, 1.807) is 0 Å². The van der Waals surface area contributed by atoms with Gasteiger partial charge in [-0.05, 0) is 0 Å². The number of rotatable bonds is 0. The van der Waals surface area contributed by atoms with Gasteiger partial charge in [0, 0.05) is 73.6 Å². The van der Waals surface area contributed by atoms with Gasteiger partial charge in [-0.1, -0.05) is 0 Å². The predicted octanol–water partition coefficient (Wildman–Crippen LogP) is -9.46. The summed E-state index contributed by atoms with van der Waals surface area (Å²) in [6.07, 6.45) is 0. The van der Waals surface area contributed by atoms with Crippen LogP contribution in [0.15, 0.2) is 0 Å². The molecule has 0 atom stereocenters. The Morgan fingerprint density at radius 3 is 0.333 bits per heavy atom. The van der Waals surface area contributed by atoms with Crippen LogP contribution in [-0.4, -0.2) is 43.8 Å². The molecular weight excluding hydrogens is 476 g/mol. The largest absolute Gasteiger partial charge is 0.412 e. The molecule has 0 saturated carbocycles. The van der Waals surface area contributed by atoms with Crippen molar-refractivity contribution in [1.29, 1.82) is 0 Å². The first-order chi connectivity index (χ1) is 2.00. The second kappa shape index (κ2) is 1320. The van der Waals surface area contributed by atoms with Crippen LogP contribution in [0, 0.1) is 0 Å². The third-order valence-corrected chi connectivity index (χ3v) is 0. The number of quaternary nitrogens is 2. The van der Waals surface area contributed by atoms with Crippen LogP contribution in [-0.2, 0) is 73.6 Å². The van der Waals surface area contributed by atoms with Gasteiger partial charge in [0.1, 0.15) is 0 Å². The Balaban J connectivity index is -0.000000000280. The molecule has 0 aromatic carbocycles. The summed E-state index contributed by atoms with van der Waals surface area (Å²) in [5, 5.41) is 16.0. The van der Waals surface area contributed by atoms with Crippen LogP contribution in [0.4, 0.5) is 0 Å². The van der Waals surface area contributed by atoms with E-state index in [1.165, 1.54) is 0 Å². The summed E-state index contributed by atoms with van der Waals surface area (Å²) >= 11 is 0. The smallest absolute Gasteiger partial charge is 0.0136 e. The van der Waals surface area contributed by atoms with Crippen molar-refractivity contribution in [3.05, 3.63) is 0 Å². The fourth-order valence-corrected chi connectivity index (χ4v) is 0. The quantitative estimate of drug-likeness (QED) is 0.232. The van der Waals surface area contributed by atoms with Gasteiger partial charge in [0.2, 0.25) is 0 Å². The molecule has 0 aliphatic heterocycles. The molecule has 0 spiro atoms. The van der Waals surface area contributed by atoms with E-state index >= 15 is 0 Å². The SMILES string of the molecule is O.O.O.O.O.O.O.O.[Mo].[Mo].[Mo].[NH3+][O].[NH3+][O]. The molecule has 108 valence electrons. The van der Waals surface area contributed by atoms with E-state index in [9.17, 15) is 0 Å². The van der Waals surface area contributed by atoms with Crippen LogP contribution in [0.25, 0.3) is 0 Å². The predicted molar refractivity (Wildman–Crippen MR) is 36.1 cm³/mol. The van der Waals surface area contributed by atoms with Crippen LogP contribution < -0.4 is 11.8 Å². The molecular formula is H22Mo3N2O10+2. The van der Waals surface area contributed by atoms with E-state index in [1.807, 2.05) is 11.8 Å². The maximum absolute atomic E-state index is 8.00. The summed E-state index contributed by atoms with van der Waals surface area (Å²) in [7, 11) is 0. The molecule has 0 heterocycles. The topological polar surface area (TPSA) is 347 Å². The Bertz CT molecular complexity index is 18.6. The second-order valence-corrected chi connectivity index (χ2v) is 0. The average molecular weight is 498 g/mol. The zero-order valence-corrected chi connectivity index (χ0v) is 13.5. The Hall–Kier alpha value is 1.58. The molecule has 0 unspecified atom stereocenters. The van der Waals surface area contributed by atoms with E-state index in [0.29, 0.717) is 0 Å². The van der Waals surface area contributed by atoms with E-state index in [2.05, 4.69) is 0 Å². The van der Waals surface area contributed by atoms with Crippen LogP contribution in [0.3, 0.4) is 0 Å². The molecule has 15 heteroatoms. The van der Waals surface area contributed by atoms with Gasteiger partial charge >= 0.3 is 0 Å². The zero-order valence-electron chi connectivity index (χ0n) is 7.46. The van der Waals surface area contributed by atoms with Gasteiger partial charge in [-0.25, -0.2) is 0 Å². The average Bonchev–Trinajstić information content (AvgIpc) is 1.50. The third kappa shape index (κ3) is 1140. The Morgan fingerprint density at radius 2 is 0.333 bits per heavy atom. The zero-order chi connectivity index (χ0) is 4.00. The fraction of sp³-hybridized carbons (Fsp3) is 0. The minimum Gasteiger partial charge on any atom is -0.412 e. The van der Waals surface area contributed by atoms with Gasteiger partial charge in [0.15, 0.2) is 0 Å². The van der Waals surface area contributed by atoms with Gasteiger partial charge in [0.05, 0.1) is 0 Å². The van der Waals surface area contributed by atoms with Crippen LogP contribution in [0.2, 0.25) is 0 Å². The van der Waals surface area contributed by atoms with Crippen molar-refractivity contribution in [1.82, 2.24) is 0 Å². The first-order valence-corrected chi connectivity index (χ1v) is 0.577. The summed E-state index contributed by atoms with van der Waals surface area (Å²) in [6, 6.07) is 0.